The third-order valence-electron chi connectivity index (χ3n) is 5.19. The van der Waals surface area contributed by atoms with Gasteiger partial charge in [-0.3, -0.25) is 4.98 Å². The fourth-order valence-corrected chi connectivity index (χ4v) is 5.32. The Kier molecular flexibility index (Phi) is 6.10. The van der Waals surface area contributed by atoms with E-state index in [2.05, 4.69) is 9.71 Å². The van der Waals surface area contributed by atoms with Crippen LogP contribution in [-0.4, -0.2) is 57.2 Å². The van der Waals surface area contributed by atoms with Crippen molar-refractivity contribution in [3.8, 4) is 5.75 Å². The summed E-state index contributed by atoms with van der Waals surface area (Å²) in [5, 5.41) is 1.05. The lowest BCUT2D eigenvalue weighted by Gasteiger charge is -2.30. The Hall–Kier alpha value is -1.74. The fourth-order valence-electron chi connectivity index (χ4n) is 3.80. The van der Waals surface area contributed by atoms with Gasteiger partial charge in [0.2, 0.25) is 10.0 Å². The third kappa shape index (κ3) is 5.20. The van der Waals surface area contributed by atoms with E-state index in [-0.39, 0.29) is 24.0 Å². The summed E-state index contributed by atoms with van der Waals surface area (Å²) in [6.07, 6.45) is 4.67. The quantitative estimate of drug-likeness (QED) is 0.792. The Bertz CT molecular complexity index is 890. The average Bonchev–Trinajstić information content (AvgIpc) is 2.69. The second-order valence-electron chi connectivity index (χ2n) is 7.42. The van der Waals surface area contributed by atoms with Gasteiger partial charge >= 0.3 is 0 Å². The van der Waals surface area contributed by atoms with E-state index < -0.39 is 10.0 Å². The van der Waals surface area contributed by atoms with Gasteiger partial charge in [-0.25, -0.2) is 13.1 Å². The highest BCUT2D eigenvalue weighted by Gasteiger charge is 2.28. The van der Waals surface area contributed by atoms with Crippen LogP contribution in [-0.2, 0) is 19.5 Å². The first-order valence-electron chi connectivity index (χ1n) is 9.78. The van der Waals surface area contributed by atoms with Crippen molar-refractivity contribution in [2.75, 3.05) is 25.6 Å². The summed E-state index contributed by atoms with van der Waals surface area (Å²) in [6.45, 7) is 1.32. The van der Waals surface area contributed by atoms with Gasteiger partial charge in [0.25, 0.3) is 0 Å². The first-order chi connectivity index (χ1) is 13.6. The second kappa shape index (κ2) is 8.73. The molecule has 152 valence electrons. The molecule has 1 saturated heterocycles. The summed E-state index contributed by atoms with van der Waals surface area (Å²) in [4.78, 5) is 4.32. The van der Waals surface area contributed by atoms with Crippen LogP contribution in [0.4, 0.5) is 0 Å². The summed E-state index contributed by atoms with van der Waals surface area (Å²) in [7, 11) is -3.38. The van der Waals surface area contributed by atoms with Crippen LogP contribution >= 0.6 is 0 Å². The highest BCUT2D eigenvalue weighted by atomic mass is 32.2. The molecule has 1 aliphatic carbocycles. The number of nitrogens with zero attached hydrogens (tertiary/aromatic N) is 1. The third-order valence-corrected chi connectivity index (χ3v) is 6.69. The number of aromatic nitrogens is 1. The van der Waals surface area contributed by atoms with E-state index in [9.17, 15) is 8.42 Å². The first-order valence-corrected chi connectivity index (χ1v) is 11.4. The number of hydrogen-bond acceptors (Lipinski definition) is 6. The molecular formula is C20H26N2O5S. The Morgan fingerprint density at radius 2 is 2.00 bits per heavy atom. The van der Waals surface area contributed by atoms with Crippen LogP contribution in [0.1, 0.15) is 25.7 Å². The number of hydrogen-bond donors (Lipinski definition) is 1. The molecule has 0 radical (unpaired) electrons. The molecule has 1 aromatic heterocycles. The van der Waals surface area contributed by atoms with Crippen molar-refractivity contribution in [2.45, 2.75) is 43.9 Å². The molecule has 1 aliphatic heterocycles. The maximum atomic E-state index is 12.4. The molecule has 1 atom stereocenters. The molecule has 1 N–H and O–H groups in total. The Morgan fingerprint density at radius 3 is 2.79 bits per heavy atom. The van der Waals surface area contributed by atoms with Crippen molar-refractivity contribution in [1.29, 1.82) is 0 Å². The zero-order valence-corrected chi connectivity index (χ0v) is 16.6. The van der Waals surface area contributed by atoms with Crippen molar-refractivity contribution in [1.82, 2.24) is 9.71 Å². The van der Waals surface area contributed by atoms with Gasteiger partial charge < -0.3 is 14.2 Å². The highest BCUT2D eigenvalue weighted by Crippen LogP contribution is 2.26. The summed E-state index contributed by atoms with van der Waals surface area (Å²) >= 11 is 0. The number of fused-ring (bicyclic) bond motifs is 1. The molecule has 2 heterocycles. The molecule has 2 aromatic rings. The molecule has 2 aliphatic rings. The van der Waals surface area contributed by atoms with E-state index in [4.69, 9.17) is 14.2 Å². The SMILES string of the molecule is O=S(=O)(CC1COCCO1)NC1CCC(Oc2ccc3ncccc3c2)CC1. The van der Waals surface area contributed by atoms with Gasteiger partial charge in [0.15, 0.2) is 0 Å². The Labute approximate surface area is 165 Å². The maximum Gasteiger partial charge on any atom is 0.214 e. The van der Waals surface area contributed by atoms with Gasteiger partial charge in [0.05, 0.1) is 43.3 Å². The number of ether oxygens (including phenoxy) is 3. The van der Waals surface area contributed by atoms with Crippen LogP contribution in [0.3, 0.4) is 0 Å². The maximum absolute atomic E-state index is 12.4. The molecule has 1 saturated carbocycles. The monoisotopic (exact) mass is 406 g/mol. The van der Waals surface area contributed by atoms with Gasteiger partial charge in [-0.2, -0.15) is 0 Å². The molecular weight excluding hydrogens is 380 g/mol. The van der Waals surface area contributed by atoms with Gasteiger partial charge in [-0.05, 0) is 49.9 Å². The molecule has 2 fully saturated rings. The van der Waals surface area contributed by atoms with Gasteiger partial charge in [-0.15, -0.1) is 0 Å². The molecule has 0 amide bonds. The number of sulfonamides is 1. The van der Waals surface area contributed by atoms with Crippen LogP contribution in [0.15, 0.2) is 36.5 Å². The zero-order chi connectivity index (χ0) is 19.4. The predicted octanol–water partition coefficient (Wildman–Crippen LogP) is 2.26. The predicted molar refractivity (Wildman–Crippen MR) is 106 cm³/mol. The van der Waals surface area contributed by atoms with Crippen LogP contribution in [0.2, 0.25) is 0 Å². The number of pyridine rings is 1. The number of rotatable bonds is 6. The zero-order valence-electron chi connectivity index (χ0n) is 15.7. The minimum atomic E-state index is -3.38. The van der Waals surface area contributed by atoms with Crippen LogP contribution in [0, 0.1) is 0 Å². The lowest BCUT2D eigenvalue weighted by Crippen LogP contribution is -2.44. The van der Waals surface area contributed by atoms with Crippen LogP contribution in [0.25, 0.3) is 10.9 Å². The lowest BCUT2D eigenvalue weighted by molar-refractivity contribution is -0.0783. The summed E-state index contributed by atoms with van der Waals surface area (Å²) in [5.74, 6) is 0.785. The molecule has 1 unspecified atom stereocenters. The smallest absolute Gasteiger partial charge is 0.214 e. The van der Waals surface area contributed by atoms with E-state index in [0.29, 0.717) is 19.8 Å². The van der Waals surface area contributed by atoms with Crippen molar-refractivity contribution >= 4 is 20.9 Å². The van der Waals surface area contributed by atoms with E-state index >= 15 is 0 Å². The molecule has 8 heteroatoms. The summed E-state index contributed by atoms with van der Waals surface area (Å²) in [6, 6.07) is 9.78. The Morgan fingerprint density at radius 1 is 1.14 bits per heavy atom. The average molecular weight is 407 g/mol. The van der Waals surface area contributed by atoms with Crippen molar-refractivity contribution in [3.05, 3.63) is 36.5 Å². The van der Waals surface area contributed by atoms with Gasteiger partial charge in [0.1, 0.15) is 5.75 Å². The fraction of sp³-hybridized carbons (Fsp3) is 0.550. The summed E-state index contributed by atoms with van der Waals surface area (Å²) < 4.78 is 44.4. The molecule has 1 aromatic carbocycles. The van der Waals surface area contributed by atoms with Gasteiger partial charge in [0, 0.05) is 17.6 Å². The van der Waals surface area contributed by atoms with Crippen molar-refractivity contribution in [3.63, 3.8) is 0 Å². The molecule has 0 bridgehead atoms. The lowest BCUT2D eigenvalue weighted by atomic mass is 9.93. The number of nitrogens with one attached hydrogen (secondary N) is 1. The standard InChI is InChI=1S/C20H26N2O5S/c23-28(24,14-19-13-25-10-11-26-19)22-16-3-5-17(6-4-16)27-18-7-8-20-15(12-18)2-1-9-21-20/h1-2,7-9,12,16-17,19,22H,3-6,10-11,13-14H2. The molecule has 28 heavy (non-hydrogen) atoms. The highest BCUT2D eigenvalue weighted by molar-refractivity contribution is 7.89. The largest absolute Gasteiger partial charge is 0.490 e. The van der Waals surface area contributed by atoms with E-state index in [1.54, 1.807) is 6.20 Å². The van der Waals surface area contributed by atoms with E-state index in [1.807, 2.05) is 30.3 Å². The molecule has 7 nitrogen and oxygen atoms in total. The van der Waals surface area contributed by atoms with Crippen molar-refractivity contribution in [2.24, 2.45) is 0 Å². The van der Waals surface area contributed by atoms with E-state index in [0.717, 1.165) is 42.3 Å². The normalized spacial score (nSPS) is 26.2. The summed E-state index contributed by atoms with van der Waals surface area (Å²) in [5.41, 5.74) is 0.945. The second-order valence-corrected chi connectivity index (χ2v) is 9.21. The number of benzene rings is 1. The van der Waals surface area contributed by atoms with E-state index in [1.165, 1.54) is 0 Å². The minimum absolute atomic E-state index is 0.0461. The first kappa shape index (κ1) is 19.6. The van der Waals surface area contributed by atoms with Gasteiger partial charge in [-0.1, -0.05) is 6.07 Å². The minimum Gasteiger partial charge on any atom is -0.490 e. The molecule has 4 rings (SSSR count). The molecule has 0 spiro atoms. The topological polar surface area (TPSA) is 86.8 Å². The van der Waals surface area contributed by atoms with Crippen LogP contribution in [0.5, 0.6) is 5.75 Å². The van der Waals surface area contributed by atoms with Crippen LogP contribution < -0.4 is 9.46 Å². The van der Waals surface area contributed by atoms with Crippen molar-refractivity contribution < 1.29 is 22.6 Å². The Balaban J connectivity index is 1.26.